The van der Waals surface area contributed by atoms with Crippen LogP contribution in [0, 0.1) is 0 Å². The molecule has 0 heterocycles. The number of hydrogen-bond acceptors (Lipinski definition) is 5. The summed E-state index contributed by atoms with van der Waals surface area (Å²) in [7, 11) is 1.41. The van der Waals surface area contributed by atoms with Gasteiger partial charge in [0.05, 0.1) is 19.4 Å². The second kappa shape index (κ2) is 10.1. The van der Waals surface area contributed by atoms with Crippen LogP contribution in [0.5, 0.6) is 5.75 Å². The molecule has 2 aromatic rings. The molecular formula is C20H20F3NO3S. The Bertz CT molecular complexity index is 823. The molecule has 0 aliphatic carbocycles. The summed E-state index contributed by atoms with van der Waals surface area (Å²) in [6, 6.07) is 15.7. The highest BCUT2D eigenvalue weighted by molar-refractivity contribution is 8.05. The fraction of sp³-hybridized carbons (Fsp3) is 0.250. The summed E-state index contributed by atoms with van der Waals surface area (Å²) in [5.74, 6) is -0.714. The fourth-order valence-electron chi connectivity index (χ4n) is 2.44. The van der Waals surface area contributed by atoms with Gasteiger partial charge in [0.25, 0.3) is 0 Å². The highest BCUT2D eigenvalue weighted by Crippen LogP contribution is 2.41. The maximum Gasteiger partial charge on any atom is 0.446 e. The predicted octanol–water partition coefficient (Wildman–Crippen LogP) is 4.97. The molecule has 28 heavy (non-hydrogen) atoms. The number of esters is 1. The number of rotatable bonds is 8. The third-order valence-electron chi connectivity index (χ3n) is 3.59. The Balaban J connectivity index is 2.56. The Kier molecular flexibility index (Phi) is 7.80. The number of carbonyl (C=O) groups excluding carboxylic acids is 1. The van der Waals surface area contributed by atoms with Crippen LogP contribution in [0.3, 0.4) is 0 Å². The molecule has 0 saturated heterocycles. The SMILES string of the molecule is CCOC(=O)/C(SC(F)(F)F)=C(/NCc1ccccc1)c1ccccc1OC. The molecule has 0 aliphatic heterocycles. The molecule has 0 atom stereocenters. The van der Waals surface area contributed by atoms with Gasteiger partial charge in [-0.3, -0.25) is 0 Å². The van der Waals surface area contributed by atoms with Crippen molar-refractivity contribution < 1.29 is 27.4 Å². The number of hydrogen-bond donors (Lipinski definition) is 1. The monoisotopic (exact) mass is 411 g/mol. The van der Waals surface area contributed by atoms with Gasteiger partial charge in [-0.15, -0.1) is 0 Å². The molecule has 0 bridgehead atoms. The summed E-state index contributed by atoms with van der Waals surface area (Å²) in [5.41, 5.74) is -3.48. The molecule has 2 aromatic carbocycles. The van der Waals surface area contributed by atoms with Gasteiger partial charge in [0, 0.05) is 12.1 Å². The molecule has 0 unspecified atom stereocenters. The number of carbonyl (C=O) groups is 1. The van der Waals surface area contributed by atoms with Crippen LogP contribution in [0.15, 0.2) is 59.5 Å². The van der Waals surface area contributed by atoms with E-state index in [0.717, 1.165) is 5.56 Å². The lowest BCUT2D eigenvalue weighted by Gasteiger charge is -2.19. The Hall–Kier alpha value is -2.61. The lowest BCUT2D eigenvalue weighted by atomic mass is 10.1. The molecule has 0 spiro atoms. The van der Waals surface area contributed by atoms with Crippen molar-refractivity contribution in [3.63, 3.8) is 0 Å². The van der Waals surface area contributed by atoms with E-state index in [1.54, 1.807) is 24.3 Å². The van der Waals surface area contributed by atoms with E-state index in [-0.39, 0.29) is 18.8 Å². The number of thioether (sulfide) groups is 1. The number of para-hydroxylation sites is 1. The van der Waals surface area contributed by atoms with E-state index in [1.807, 2.05) is 30.3 Å². The summed E-state index contributed by atoms with van der Waals surface area (Å²) in [6.07, 6.45) is 0. The molecule has 0 aromatic heterocycles. The number of benzene rings is 2. The summed E-state index contributed by atoms with van der Waals surface area (Å²) in [4.78, 5) is 11.8. The molecule has 2 rings (SSSR count). The maximum atomic E-state index is 13.2. The molecule has 0 radical (unpaired) electrons. The van der Waals surface area contributed by atoms with Crippen molar-refractivity contribution in [3.05, 3.63) is 70.6 Å². The highest BCUT2D eigenvalue weighted by atomic mass is 32.2. The van der Waals surface area contributed by atoms with Crippen LogP contribution in [-0.2, 0) is 16.1 Å². The third kappa shape index (κ3) is 6.23. The normalized spacial score (nSPS) is 12.2. The summed E-state index contributed by atoms with van der Waals surface area (Å²) in [6.45, 7) is 1.71. The molecule has 4 nitrogen and oxygen atoms in total. The highest BCUT2D eigenvalue weighted by Gasteiger charge is 2.36. The van der Waals surface area contributed by atoms with Crippen molar-refractivity contribution >= 4 is 23.4 Å². The van der Waals surface area contributed by atoms with Gasteiger partial charge in [-0.25, -0.2) is 4.79 Å². The number of alkyl halides is 3. The summed E-state index contributed by atoms with van der Waals surface area (Å²) < 4.78 is 49.7. The number of methoxy groups -OCH3 is 1. The van der Waals surface area contributed by atoms with Crippen LogP contribution >= 0.6 is 11.8 Å². The van der Waals surface area contributed by atoms with Crippen LogP contribution in [0.2, 0.25) is 0 Å². The number of halogens is 3. The van der Waals surface area contributed by atoms with Crippen LogP contribution < -0.4 is 10.1 Å². The van der Waals surface area contributed by atoms with Gasteiger partial charge in [0.2, 0.25) is 0 Å². The zero-order chi connectivity index (χ0) is 20.6. The van der Waals surface area contributed by atoms with E-state index >= 15 is 0 Å². The minimum atomic E-state index is -4.66. The van der Waals surface area contributed by atoms with Gasteiger partial charge in [-0.2, -0.15) is 13.2 Å². The third-order valence-corrected chi connectivity index (χ3v) is 4.40. The minimum Gasteiger partial charge on any atom is -0.496 e. The van der Waals surface area contributed by atoms with Gasteiger partial charge in [-0.05, 0) is 36.4 Å². The first kappa shape index (κ1) is 21.7. The van der Waals surface area contributed by atoms with Gasteiger partial charge in [0.15, 0.2) is 0 Å². The van der Waals surface area contributed by atoms with E-state index in [2.05, 4.69) is 5.32 Å². The fourth-order valence-corrected chi connectivity index (χ4v) is 3.10. The lowest BCUT2D eigenvalue weighted by Crippen LogP contribution is -2.20. The second-order valence-corrected chi connectivity index (χ2v) is 6.59. The molecule has 0 amide bonds. The first-order valence-corrected chi connectivity index (χ1v) is 9.25. The van der Waals surface area contributed by atoms with Crippen molar-refractivity contribution in [2.24, 2.45) is 0 Å². The van der Waals surface area contributed by atoms with Crippen LogP contribution in [0.4, 0.5) is 13.2 Å². The van der Waals surface area contributed by atoms with Crippen molar-refractivity contribution in [1.29, 1.82) is 0 Å². The van der Waals surface area contributed by atoms with E-state index in [1.165, 1.54) is 14.0 Å². The average Bonchev–Trinajstić information content (AvgIpc) is 2.67. The molecule has 1 N–H and O–H groups in total. The van der Waals surface area contributed by atoms with Crippen molar-refractivity contribution in [2.75, 3.05) is 13.7 Å². The standard InChI is InChI=1S/C20H20F3NO3S/c1-3-27-19(25)18(28-20(21,22)23)17(15-11-7-8-12-16(15)26-2)24-13-14-9-5-4-6-10-14/h4-12,24H,3,13H2,1-2H3/b18-17-. The van der Waals surface area contributed by atoms with Crippen molar-refractivity contribution in [1.82, 2.24) is 5.32 Å². The summed E-state index contributed by atoms with van der Waals surface area (Å²) in [5, 5.41) is 2.97. The van der Waals surface area contributed by atoms with Gasteiger partial charge >= 0.3 is 11.5 Å². The maximum absolute atomic E-state index is 13.2. The molecule has 8 heteroatoms. The Labute approximate surface area is 165 Å². The second-order valence-electron chi connectivity index (χ2n) is 5.51. The smallest absolute Gasteiger partial charge is 0.446 e. The minimum absolute atomic E-state index is 0.00192. The molecular weight excluding hydrogens is 391 g/mol. The first-order valence-electron chi connectivity index (χ1n) is 8.44. The quantitative estimate of drug-likeness (QED) is 0.491. The largest absolute Gasteiger partial charge is 0.496 e. The zero-order valence-corrected chi connectivity index (χ0v) is 16.2. The van der Waals surface area contributed by atoms with Crippen molar-refractivity contribution in [3.8, 4) is 5.75 Å². The van der Waals surface area contributed by atoms with E-state index in [9.17, 15) is 18.0 Å². The van der Waals surface area contributed by atoms with Gasteiger partial charge < -0.3 is 14.8 Å². The number of nitrogens with one attached hydrogen (secondary N) is 1. The zero-order valence-electron chi connectivity index (χ0n) is 15.4. The Morgan fingerprint density at radius 2 is 1.71 bits per heavy atom. The van der Waals surface area contributed by atoms with E-state index in [0.29, 0.717) is 11.3 Å². The van der Waals surface area contributed by atoms with Crippen molar-refractivity contribution in [2.45, 2.75) is 19.0 Å². The first-order chi connectivity index (χ1) is 13.4. The van der Waals surface area contributed by atoms with Gasteiger partial charge in [0.1, 0.15) is 10.7 Å². The molecule has 0 saturated carbocycles. The lowest BCUT2D eigenvalue weighted by molar-refractivity contribution is -0.137. The molecule has 0 aliphatic rings. The molecule has 150 valence electrons. The van der Waals surface area contributed by atoms with Crippen LogP contribution in [0.25, 0.3) is 5.70 Å². The molecule has 0 fully saturated rings. The van der Waals surface area contributed by atoms with Gasteiger partial charge in [-0.1, -0.05) is 42.5 Å². The van der Waals surface area contributed by atoms with E-state index in [4.69, 9.17) is 9.47 Å². The van der Waals surface area contributed by atoms with Crippen LogP contribution in [-0.4, -0.2) is 25.2 Å². The number of ether oxygens (including phenoxy) is 2. The van der Waals surface area contributed by atoms with Crippen LogP contribution in [0.1, 0.15) is 18.1 Å². The topological polar surface area (TPSA) is 47.6 Å². The van der Waals surface area contributed by atoms with E-state index < -0.39 is 28.1 Å². The predicted molar refractivity (Wildman–Crippen MR) is 103 cm³/mol. The average molecular weight is 411 g/mol. The Morgan fingerprint density at radius 3 is 2.32 bits per heavy atom. The summed E-state index contributed by atoms with van der Waals surface area (Å²) >= 11 is -0.506. The Morgan fingerprint density at radius 1 is 1.07 bits per heavy atom.